The van der Waals surface area contributed by atoms with Crippen LogP contribution < -0.4 is 0 Å². The molecule has 1 heteroatoms. The van der Waals surface area contributed by atoms with Crippen molar-refractivity contribution in [1.82, 2.24) is 0 Å². The summed E-state index contributed by atoms with van der Waals surface area (Å²) in [5.41, 5.74) is 3.33. The van der Waals surface area contributed by atoms with E-state index in [9.17, 15) is 0 Å². The summed E-state index contributed by atoms with van der Waals surface area (Å²) < 4.78 is 2.50. The maximum Gasteiger partial charge on any atom is 0.155 e. The first-order chi connectivity index (χ1) is 9.34. The number of allylic oxidation sites excluding steroid dienone is 2. The van der Waals surface area contributed by atoms with E-state index >= 15 is 0 Å². The first kappa shape index (κ1) is 19.4. The SMILES string of the molecule is CC=C(C)C(C)C(C)(CC)C(C)=[N+](C)CCCCCC. The van der Waals surface area contributed by atoms with E-state index in [2.05, 4.69) is 66.2 Å². The molecule has 0 fully saturated rings. The van der Waals surface area contributed by atoms with Crippen LogP contribution in [0.15, 0.2) is 11.6 Å². The van der Waals surface area contributed by atoms with Gasteiger partial charge >= 0.3 is 0 Å². The Morgan fingerprint density at radius 1 is 1.15 bits per heavy atom. The van der Waals surface area contributed by atoms with Crippen LogP contribution in [0.5, 0.6) is 0 Å². The molecule has 0 aliphatic rings. The third kappa shape index (κ3) is 5.07. The third-order valence-electron chi connectivity index (χ3n) is 5.57. The number of hydrogen-bond acceptors (Lipinski definition) is 0. The second-order valence-corrected chi connectivity index (χ2v) is 6.59. The maximum absolute atomic E-state index is 2.50. The van der Waals surface area contributed by atoms with Crippen LogP contribution in [0, 0.1) is 11.3 Å². The highest BCUT2D eigenvalue weighted by Crippen LogP contribution is 2.37. The third-order valence-corrected chi connectivity index (χ3v) is 5.57. The largest absolute Gasteiger partial charge is 0.239 e. The quantitative estimate of drug-likeness (QED) is 0.221. The van der Waals surface area contributed by atoms with Crippen LogP contribution >= 0.6 is 0 Å². The lowest BCUT2D eigenvalue weighted by Crippen LogP contribution is -2.38. The molecule has 0 aromatic rings. The molecule has 0 saturated carbocycles. The van der Waals surface area contributed by atoms with Crippen LogP contribution in [0.1, 0.15) is 80.6 Å². The molecule has 0 spiro atoms. The van der Waals surface area contributed by atoms with Gasteiger partial charge in [0.25, 0.3) is 0 Å². The number of nitrogens with zero attached hydrogens (tertiary/aromatic N) is 1. The molecule has 0 heterocycles. The number of rotatable bonds is 9. The Bertz CT molecular complexity index is 338. The fraction of sp³-hybridized carbons (Fsp3) is 0.842. The predicted molar refractivity (Wildman–Crippen MR) is 92.9 cm³/mol. The molecule has 0 rings (SSSR count). The van der Waals surface area contributed by atoms with Gasteiger partial charge in [-0.2, -0.15) is 0 Å². The molecule has 0 saturated heterocycles. The van der Waals surface area contributed by atoms with Crippen molar-refractivity contribution in [3.63, 3.8) is 0 Å². The summed E-state index contributed by atoms with van der Waals surface area (Å²) in [6.07, 6.45) is 8.83. The predicted octanol–water partition coefficient (Wildman–Crippen LogP) is 5.69. The van der Waals surface area contributed by atoms with Crippen LogP contribution in [0.25, 0.3) is 0 Å². The highest BCUT2D eigenvalue weighted by molar-refractivity contribution is 5.83. The van der Waals surface area contributed by atoms with Crippen molar-refractivity contribution >= 4 is 5.71 Å². The summed E-state index contributed by atoms with van der Waals surface area (Å²) in [6, 6.07) is 0. The van der Waals surface area contributed by atoms with E-state index in [4.69, 9.17) is 0 Å². The minimum Gasteiger partial charge on any atom is -0.239 e. The lowest BCUT2D eigenvalue weighted by atomic mass is 9.69. The Balaban J connectivity index is 5.01. The fourth-order valence-electron chi connectivity index (χ4n) is 3.01. The van der Waals surface area contributed by atoms with Crippen molar-refractivity contribution in [1.29, 1.82) is 0 Å². The molecule has 2 unspecified atom stereocenters. The van der Waals surface area contributed by atoms with E-state index in [0.29, 0.717) is 5.92 Å². The van der Waals surface area contributed by atoms with Crippen LogP contribution in [0.3, 0.4) is 0 Å². The van der Waals surface area contributed by atoms with E-state index in [1.54, 1.807) is 5.71 Å². The Kier molecular flexibility index (Phi) is 9.09. The van der Waals surface area contributed by atoms with Gasteiger partial charge < -0.3 is 0 Å². The zero-order chi connectivity index (χ0) is 15.8. The zero-order valence-electron chi connectivity index (χ0n) is 15.3. The molecule has 20 heavy (non-hydrogen) atoms. The van der Waals surface area contributed by atoms with Gasteiger partial charge in [-0.15, -0.1) is 0 Å². The van der Waals surface area contributed by atoms with Crippen molar-refractivity contribution < 1.29 is 4.58 Å². The Hall–Kier alpha value is -0.590. The summed E-state index contributed by atoms with van der Waals surface area (Å²) in [4.78, 5) is 0. The van der Waals surface area contributed by atoms with Crippen molar-refractivity contribution in [2.45, 2.75) is 80.6 Å². The van der Waals surface area contributed by atoms with Crippen LogP contribution in [0.2, 0.25) is 0 Å². The van der Waals surface area contributed by atoms with E-state index in [0.717, 1.165) is 0 Å². The van der Waals surface area contributed by atoms with Gasteiger partial charge in [0.15, 0.2) is 5.71 Å². The van der Waals surface area contributed by atoms with Crippen molar-refractivity contribution in [2.24, 2.45) is 11.3 Å². The summed E-state index contributed by atoms with van der Waals surface area (Å²) in [6.45, 7) is 17.4. The second-order valence-electron chi connectivity index (χ2n) is 6.59. The summed E-state index contributed by atoms with van der Waals surface area (Å²) >= 11 is 0. The Morgan fingerprint density at radius 2 is 1.75 bits per heavy atom. The van der Waals surface area contributed by atoms with Crippen LogP contribution in [-0.2, 0) is 0 Å². The molecular weight excluding hydrogens is 242 g/mol. The van der Waals surface area contributed by atoms with Gasteiger partial charge in [0, 0.05) is 13.3 Å². The average molecular weight is 281 g/mol. The Labute approximate surface area is 128 Å². The first-order valence-electron chi connectivity index (χ1n) is 8.53. The summed E-state index contributed by atoms with van der Waals surface area (Å²) in [7, 11) is 2.27. The van der Waals surface area contributed by atoms with E-state index in [-0.39, 0.29) is 5.41 Å². The molecule has 0 aromatic heterocycles. The van der Waals surface area contributed by atoms with Crippen molar-refractivity contribution in [2.75, 3.05) is 13.6 Å². The standard InChI is InChI=1S/C19H38N/c1-9-12-13-14-15-20(8)18(6)19(7,11-3)17(5)16(4)10-2/h10,17H,9,11-15H2,1-8H3/q+1. The topological polar surface area (TPSA) is 3.01 Å². The summed E-state index contributed by atoms with van der Waals surface area (Å²) in [5.74, 6) is 0.607. The number of unbranched alkanes of at least 4 members (excludes halogenated alkanes) is 3. The second kappa shape index (κ2) is 9.37. The van der Waals surface area contributed by atoms with E-state index in [1.807, 2.05) is 0 Å². The number of hydrogen-bond donors (Lipinski definition) is 0. The minimum atomic E-state index is 0.274. The lowest BCUT2D eigenvalue weighted by molar-refractivity contribution is -0.502. The normalized spacial score (nSPS) is 18.5. The molecule has 0 aromatic carbocycles. The van der Waals surface area contributed by atoms with Gasteiger partial charge in [0.2, 0.25) is 0 Å². The molecular formula is C19H38N+. The monoisotopic (exact) mass is 280 g/mol. The highest BCUT2D eigenvalue weighted by Gasteiger charge is 2.37. The molecule has 0 N–H and O–H groups in total. The lowest BCUT2D eigenvalue weighted by Gasteiger charge is -2.34. The molecule has 118 valence electrons. The fourth-order valence-corrected chi connectivity index (χ4v) is 3.01. The van der Waals surface area contributed by atoms with E-state index < -0.39 is 0 Å². The molecule has 0 bridgehead atoms. The van der Waals surface area contributed by atoms with Gasteiger partial charge in [0.05, 0.1) is 5.41 Å². The summed E-state index contributed by atoms with van der Waals surface area (Å²) in [5, 5.41) is 0. The Morgan fingerprint density at radius 3 is 2.20 bits per heavy atom. The average Bonchev–Trinajstić information content (AvgIpc) is 2.47. The molecule has 0 radical (unpaired) electrons. The molecule has 1 nitrogen and oxygen atoms in total. The molecule has 0 amide bonds. The molecule has 2 atom stereocenters. The highest BCUT2D eigenvalue weighted by atomic mass is 15.0. The first-order valence-corrected chi connectivity index (χ1v) is 8.53. The molecule has 0 aliphatic heterocycles. The van der Waals surface area contributed by atoms with Crippen LogP contribution in [-0.4, -0.2) is 23.9 Å². The minimum absolute atomic E-state index is 0.274. The van der Waals surface area contributed by atoms with Crippen LogP contribution in [0.4, 0.5) is 0 Å². The van der Waals surface area contributed by atoms with Gasteiger partial charge in [-0.25, -0.2) is 4.58 Å². The zero-order valence-corrected chi connectivity index (χ0v) is 15.3. The maximum atomic E-state index is 2.50. The van der Waals surface area contributed by atoms with E-state index in [1.165, 1.54) is 44.2 Å². The smallest absolute Gasteiger partial charge is 0.155 e. The molecule has 0 aliphatic carbocycles. The van der Waals surface area contributed by atoms with Gasteiger partial charge in [0.1, 0.15) is 13.6 Å². The van der Waals surface area contributed by atoms with Crippen molar-refractivity contribution in [3.05, 3.63) is 11.6 Å². The van der Waals surface area contributed by atoms with Gasteiger partial charge in [-0.3, -0.25) is 0 Å². The van der Waals surface area contributed by atoms with Gasteiger partial charge in [-0.1, -0.05) is 45.3 Å². The van der Waals surface area contributed by atoms with Crippen molar-refractivity contribution in [3.8, 4) is 0 Å². The van der Waals surface area contributed by atoms with Gasteiger partial charge in [-0.05, 0) is 39.5 Å².